The van der Waals surface area contributed by atoms with Crippen LogP contribution in [0.2, 0.25) is 0 Å². The Hall–Kier alpha value is -2.62. The second-order valence-electron chi connectivity index (χ2n) is 6.36. The van der Waals surface area contributed by atoms with Crippen LogP contribution in [-0.4, -0.2) is 18.4 Å². The van der Waals surface area contributed by atoms with E-state index < -0.39 is 5.92 Å². The van der Waals surface area contributed by atoms with Crippen LogP contribution < -0.4 is 9.64 Å². The van der Waals surface area contributed by atoms with Crippen molar-refractivity contribution in [3.05, 3.63) is 59.2 Å². The average molecular weight is 323 g/mol. The van der Waals surface area contributed by atoms with Gasteiger partial charge in [0.05, 0.1) is 5.92 Å². The van der Waals surface area contributed by atoms with Crippen molar-refractivity contribution < 1.29 is 14.3 Å². The molecule has 0 N–H and O–H groups in total. The molecular weight excluding hydrogens is 302 g/mol. The molecule has 1 fully saturated rings. The van der Waals surface area contributed by atoms with Gasteiger partial charge in [-0.3, -0.25) is 9.59 Å². The molecule has 0 bridgehead atoms. The maximum atomic E-state index is 12.5. The third-order valence-electron chi connectivity index (χ3n) is 4.57. The molecule has 0 saturated carbocycles. The van der Waals surface area contributed by atoms with Crippen molar-refractivity contribution in [3.8, 4) is 5.75 Å². The first-order chi connectivity index (χ1) is 11.5. The molecular formula is C20H21NO3. The number of hydrogen-bond acceptors (Lipinski definition) is 3. The third-order valence-corrected chi connectivity index (χ3v) is 4.57. The van der Waals surface area contributed by atoms with Gasteiger partial charge in [0.1, 0.15) is 5.75 Å². The van der Waals surface area contributed by atoms with Crippen LogP contribution in [0.1, 0.15) is 23.1 Å². The summed E-state index contributed by atoms with van der Waals surface area (Å²) in [5, 5.41) is 0. The summed E-state index contributed by atoms with van der Waals surface area (Å²) in [5.41, 5.74) is 3.98. The highest BCUT2D eigenvalue weighted by atomic mass is 16.5. The Kier molecular flexibility index (Phi) is 4.38. The molecule has 24 heavy (non-hydrogen) atoms. The second kappa shape index (κ2) is 6.48. The number of amides is 1. The molecule has 0 aromatic heterocycles. The van der Waals surface area contributed by atoms with Crippen molar-refractivity contribution in [2.24, 2.45) is 5.92 Å². The van der Waals surface area contributed by atoms with Crippen molar-refractivity contribution in [2.45, 2.75) is 27.2 Å². The zero-order valence-electron chi connectivity index (χ0n) is 14.2. The van der Waals surface area contributed by atoms with Gasteiger partial charge < -0.3 is 9.64 Å². The van der Waals surface area contributed by atoms with E-state index in [0.717, 1.165) is 22.4 Å². The summed E-state index contributed by atoms with van der Waals surface area (Å²) in [6.45, 7) is 6.27. The molecule has 1 atom stereocenters. The number of esters is 1. The van der Waals surface area contributed by atoms with Gasteiger partial charge in [0.2, 0.25) is 5.91 Å². The molecule has 2 aromatic carbocycles. The van der Waals surface area contributed by atoms with E-state index in [1.54, 1.807) is 11.0 Å². The van der Waals surface area contributed by atoms with Gasteiger partial charge in [0.15, 0.2) is 0 Å². The van der Waals surface area contributed by atoms with Gasteiger partial charge in [-0.1, -0.05) is 29.8 Å². The molecule has 4 heteroatoms. The van der Waals surface area contributed by atoms with E-state index in [2.05, 4.69) is 0 Å². The number of aryl methyl sites for hydroxylation is 2. The molecule has 4 nitrogen and oxygen atoms in total. The Morgan fingerprint density at radius 3 is 2.50 bits per heavy atom. The van der Waals surface area contributed by atoms with Crippen LogP contribution in [0.3, 0.4) is 0 Å². The van der Waals surface area contributed by atoms with Crippen LogP contribution >= 0.6 is 0 Å². The van der Waals surface area contributed by atoms with Crippen LogP contribution in [0.5, 0.6) is 5.75 Å². The van der Waals surface area contributed by atoms with Crippen LogP contribution in [0.15, 0.2) is 42.5 Å². The van der Waals surface area contributed by atoms with Crippen molar-refractivity contribution >= 4 is 17.6 Å². The standard InChI is InChI=1S/C20H21NO3/c1-13-7-9-17(10-8-13)21-12-16(11-19(21)22)20(23)24-18-6-4-5-14(2)15(18)3/h4-10,16H,11-12H2,1-3H3/t16-/m0/s1. The molecule has 1 amide bonds. The van der Waals surface area contributed by atoms with Crippen LogP contribution in [0, 0.1) is 26.7 Å². The summed E-state index contributed by atoms with van der Waals surface area (Å²) in [5.74, 6) is -0.242. The quantitative estimate of drug-likeness (QED) is 0.641. The van der Waals surface area contributed by atoms with Gasteiger partial charge >= 0.3 is 5.97 Å². The average Bonchev–Trinajstić information content (AvgIpc) is 2.94. The lowest BCUT2D eigenvalue weighted by atomic mass is 10.1. The van der Waals surface area contributed by atoms with Crippen molar-refractivity contribution in [1.82, 2.24) is 0 Å². The topological polar surface area (TPSA) is 46.6 Å². The number of anilines is 1. The SMILES string of the molecule is Cc1ccc(N2C[C@@H](C(=O)Oc3cccc(C)c3C)CC2=O)cc1. The predicted octanol–water partition coefficient (Wildman–Crippen LogP) is 3.57. The van der Waals surface area contributed by atoms with Crippen molar-refractivity contribution in [3.63, 3.8) is 0 Å². The van der Waals surface area contributed by atoms with E-state index in [4.69, 9.17) is 4.74 Å². The second-order valence-corrected chi connectivity index (χ2v) is 6.36. The fraction of sp³-hybridized carbons (Fsp3) is 0.300. The summed E-state index contributed by atoms with van der Waals surface area (Å²) < 4.78 is 5.54. The highest BCUT2D eigenvalue weighted by molar-refractivity contribution is 5.99. The Bertz CT molecular complexity index is 780. The molecule has 124 valence electrons. The largest absolute Gasteiger partial charge is 0.426 e. The Balaban J connectivity index is 1.72. The lowest BCUT2D eigenvalue weighted by molar-refractivity contribution is -0.139. The van der Waals surface area contributed by atoms with Gasteiger partial charge in [-0.15, -0.1) is 0 Å². The summed E-state index contributed by atoms with van der Waals surface area (Å²) in [4.78, 5) is 26.4. The van der Waals surface area contributed by atoms with Gasteiger partial charge in [-0.05, 0) is 50.1 Å². The van der Waals surface area contributed by atoms with E-state index in [0.29, 0.717) is 12.3 Å². The lowest BCUT2D eigenvalue weighted by Crippen LogP contribution is -2.27. The number of carbonyl (C=O) groups is 2. The number of benzene rings is 2. The first-order valence-corrected chi connectivity index (χ1v) is 8.10. The molecule has 0 aliphatic carbocycles. The molecule has 1 aliphatic rings. The van der Waals surface area contributed by atoms with Gasteiger partial charge in [0.25, 0.3) is 0 Å². The van der Waals surface area contributed by atoms with E-state index in [9.17, 15) is 9.59 Å². The van der Waals surface area contributed by atoms with Crippen LogP contribution in [0.25, 0.3) is 0 Å². The molecule has 0 unspecified atom stereocenters. The highest BCUT2D eigenvalue weighted by Crippen LogP contribution is 2.28. The smallest absolute Gasteiger partial charge is 0.316 e. The zero-order valence-corrected chi connectivity index (χ0v) is 14.2. The summed E-state index contributed by atoms with van der Waals surface area (Å²) in [7, 11) is 0. The number of rotatable bonds is 3. The van der Waals surface area contributed by atoms with Crippen LogP contribution in [-0.2, 0) is 9.59 Å². The van der Waals surface area contributed by atoms with E-state index in [-0.39, 0.29) is 18.3 Å². The Morgan fingerprint density at radius 1 is 1.08 bits per heavy atom. The Morgan fingerprint density at radius 2 is 1.79 bits per heavy atom. The van der Waals surface area contributed by atoms with Crippen molar-refractivity contribution in [2.75, 3.05) is 11.4 Å². The lowest BCUT2D eigenvalue weighted by Gasteiger charge is -2.17. The molecule has 1 aliphatic heterocycles. The minimum absolute atomic E-state index is 0.0400. The highest BCUT2D eigenvalue weighted by Gasteiger charge is 2.36. The monoisotopic (exact) mass is 323 g/mol. The Labute approximate surface area is 142 Å². The fourth-order valence-corrected chi connectivity index (χ4v) is 2.87. The maximum Gasteiger partial charge on any atom is 0.316 e. The predicted molar refractivity (Wildman–Crippen MR) is 93.2 cm³/mol. The molecule has 0 spiro atoms. The molecule has 1 heterocycles. The van der Waals surface area contributed by atoms with Gasteiger partial charge in [0, 0.05) is 18.7 Å². The number of carbonyl (C=O) groups excluding carboxylic acids is 2. The minimum Gasteiger partial charge on any atom is -0.426 e. The number of hydrogen-bond donors (Lipinski definition) is 0. The molecule has 1 saturated heterocycles. The molecule has 3 rings (SSSR count). The molecule has 0 radical (unpaired) electrons. The number of ether oxygens (including phenoxy) is 1. The summed E-state index contributed by atoms with van der Waals surface area (Å²) >= 11 is 0. The number of nitrogens with zero attached hydrogens (tertiary/aromatic N) is 1. The molecule has 2 aromatic rings. The summed E-state index contributed by atoms with van der Waals surface area (Å²) in [6.07, 6.45) is 0.192. The zero-order chi connectivity index (χ0) is 17.3. The first kappa shape index (κ1) is 16.2. The van der Waals surface area contributed by atoms with E-state index in [1.165, 1.54) is 0 Å². The van der Waals surface area contributed by atoms with Gasteiger partial charge in [-0.25, -0.2) is 0 Å². The minimum atomic E-state index is -0.432. The summed E-state index contributed by atoms with van der Waals surface area (Å²) in [6, 6.07) is 13.4. The third kappa shape index (κ3) is 3.18. The normalized spacial score (nSPS) is 17.2. The fourth-order valence-electron chi connectivity index (χ4n) is 2.87. The van der Waals surface area contributed by atoms with Crippen molar-refractivity contribution in [1.29, 1.82) is 0 Å². The van der Waals surface area contributed by atoms with Crippen LogP contribution in [0.4, 0.5) is 5.69 Å². The first-order valence-electron chi connectivity index (χ1n) is 8.10. The van der Waals surface area contributed by atoms with Gasteiger partial charge in [-0.2, -0.15) is 0 Å². The van der Waals surface area contributed by atoms with E-state index in [1.807, 2.05) is 57.2 Å². The van der Waals surface area contributed by atoms with E-state index >= 15 is 0 Å². The maximum absolute atomic E-state index is 12.5.